The Morgan fingerprint density at radius 2 is 1.44 bits per heavy atom. The molecule has 0 unspecified atom stereocenters. The number of halogens is 3. The van der Waals surface area contributed by atoms with Crippen molar-refractivity contribution in [1.82, 2.24) is 10.0 Å². The molecule has 0 heterocycles. The average molecular weight is 640 g/mol. The van der Waals surface area contributed by atoms with E-state index >= 15 is 4.39 Å². The van der Waals surface area contributed by atoms with Gasteiger partial charge in [-0.25, -0.2) is 26.3 Å². The van der Waals surface area contributed by atoms with Crippen molar-refractivity contribution in [1.29, 1.82) is 0 Å². The molecule has 11 heteroatoms. The van der Waals surface area contributed by atoms with Crippen LogP contribution in [0.5, 0.6) is 0 Å². The SMILES string of the molecule is C[C@@H](O)CNC[C@H](CCc1c(F)cccc1NC(=O)CC(c1cccc(F)c1)c1cccc(F)c1)NS(=O)(=O)c1ccccc1. The van der Waals surface area contributed by atoms with Crippen molar-refractivity contribution in [3.05, 3.63) is 131 Å². The number of carbonyl (C=O) groups is 1. The molecule has 0 fully saturated rings. The molecule has 0 spiro atoms. The predicted molar refractivity (Wildman–Crippen MR) is 168 cm³/mol. The standard InChI is InChI=1S/C34H36F3N3O4S/c1-23(41)21-38-22-28(40-45(43,44)29-12-3-2-4-13-29)16-17-30-32(37)14-7-15-33(30)39-34(42)20-31(24-8-5-10-26(35)18-24)25-9-6-11-27(36)19-25/h2-15,18-19,23,28,31,38,40-41H,16-17,20-22H2,1H3,(H,39,42)/t23-,28+/m1/s1. The minimum absolute atomic E-state index is 0.0673. The van der Waals surface area contributed by atoms with Crippen LogP contribution in [0.1, 0.15) is 42.4 Å². The van der Waals surface area contributed by atoms with E-state index in [0.29, 0.717) is 11.1 Å². The van der Waals surface area contributed by atoms with Crippen LogP contribution in [0.25, 0.3) is 0 Å². The fourth-order valence-electron chi connectivity index (χ4n) is 5.07. The van der Waals surface area contributed by atoms with Crippen molar-refractivity contribution in [2.45, 2.75) is 49.1 Å². The molecule has 0 aromatic heterocycles. The largest absolute Gasteiger partial charge is 0.392 e. The van der Waals surface area contributed by atoms with E-state index in [4.69, 9.17) is 0 Å². The highest BCUT2D eigenvalue weighted by Crippen LogP contribution is 2.30. The zero-order chi connectivity index (χ0) is 32.4. The summed E-state index contributed by atoms with van der Waals surface area (Å²) in [5, 5.41) is 15.4. The third-order valence-corrected chi connectivity index (χ3v) is 8.77. The number of aliphatic hydroxyl groups excluding tert-OH is 1. The first-order chi connectivity index (χ1) is 21.5. The zero-order valence-corrected chi connectivity index (χ0v) is 25.5. The number of hydrogen-bond acceptors (Lipinski definition) is 5. The molecule has 0 aliphatic rings. The second-order valence-electron chi connectivity index (χ2n) is 10.9. The summed E-state index contributed by atoms with van der Waals surface area (Å²) in [5.74, 6) is -2.75. The second kappa shape index (κ2) is 15.8. The molecule has 0 aliphatic heterocycles. The van der Waals surface area contributed by atoms with Gasteiger partial charge in [-0.1, -0.05) is 48.5 Å². The highest BCUT2D eigenvalue weighted by molar-refractivity contribution is 7.89. The van der Waals surface area contributed by atoms with E-state index in [9.17, 15) is 27.1 Å². The lowest BCUT2D eigenvalue weighted by atomic mass is 9.88. The van der Waals surface area contributed by atoms with Crippen LogP contribution in [0.3, 0.4) is 0 Å². The second-order valence-corrected chi connectivity index (χ2v) is 12.6. The predicted octanol–water partition coefficient (Wildman–Crippen LogP) is 5.51. The van der Waals surface area contributed by atoms with Crippen molar-refractivity contribution in [3.63, 3.8) is 0 Å². The Balaban J connectivity index is 1.52. The minimum Gasteiger partial charge on any atom is -0.392 e. The van der Waals surface area contributed by atoms with Crippen LogP contribution < -0.4 is 15.4 Å². The van der Waals surface area contributed by atoms with Crippen LogP contribution in [0, 0.1) is 17.5 Å². The summed E-state index contributed by atoms with van der Waals surface area (Å²) in [6.45, 7) is 1.98. The summed E-state index contributed by atoms with van der Waals surface area (Å²) in [6, 6.07) is 22.9. The summed E-state index contributed by atoms with van der Waals surface area (Å²) in [7, 11) is -3.90. The van der Waals surface area contributed by atoms with Crippen LogP contribution in [-0.2, 0) is 21.2 Å². The molecule has 0 aliphatic carbocycles. The Bertz CT molecular complexity index is 1640. The lowest BCUT2D eigenvalue weighted by molar-refractivity contribution is -0.116. The van der Waals surface area contributed by atoms with E-state index < -0.39 is 51.4 Å². The molecule has 4 aromatic rings. The number of hydrogen-bond donors (Lipinski definition) is 4. The third kappa shape index (κ3) is 9.98. The monoisotopic (exact) mass is 639 g/mol. The molecule has 1 amide bonds. The number of amides is 1. The van der Waals surface area contributed by atoms with Crippen molar-refractivity contribution < 1.29 is 31.5 Å². The van der Waals surface area contributed by atoms with Crippen molar-refractivity contribution in [3.8, 4) is 0 Å². The summed E-state index contributed by atoms with van der Waals surface area (Å²) < 4.78 is 72.1. The number of nitrogens with one attached hydrogen (secondary N) is 3. The Labute approximate surface area is 261 Å². The molecule has 2 atom stereocenters. The lowest BCUT2D eigenvalue weighted by Crippen LogP contribution is -2.43. The summed E-state index contributed by atoms with van der Waals surface area (Å²) in [5.41, 5.74) is 1.35. The maximum Gasteiger partial charge on any atom is 0.240 e. The van der Waals surface area contributed by atoms with Crippen molar-refractivity contribution >= 4 is 21.6 Å². The van der Waals surface area contributed by atoms with Crippen molar-refractivity contribution in [2.24, 2.45) is 0 Å². The van der Waals surface area contributed by atoms with Gasteiger partial charge in [-0.3, -0.25) is 4.79 Å². The first-order valence-corrected chi connectivity index (χ1v) is 16.0. The molecule has 4 N–H and O–H groups in total. The van der Waals surface area contributed by atoms with E-state index in [1.165, 1.54) is 60.7 Å². The van der Waals surface area contributed by atoms with Gasteiger partial charge >= 0.3 is 0 Å². The number of benzene rings is 4. The Morgan fingerprint density at radius 3 is 2.04 bits per heavy atom. The molecule has 0 bridgehead atoms. The van der Waals surface area contributed by atoms with Crippen LogP contribution >= 0.6 is 0 Å². The number of carbonyl (C=O) groups excluding carboxylic acids is 1. The number of aliphatic hydroxyl groups is 1. The van der Waals surface area contributed by atoms with Crippen LogP contribution in [0.4, 0.5) is 18.9 Å². The molecule has 0 saturated carbocycles. The van der Waals surface area contributed by atoms with Gasteiger partial charge in [0.25, 0.3) is 0 Å². The van der Waals surface area contributed by atoms with E-state index in [1.807, 2.05) is 0 Å². The van der Waals surface area contributed by atoms with Crippen LogP contribution in [0.2, 0.25) is 0 Å². The van der Waals surface area contributed by atoms with Gasteiger partial charge in [0.15, 0.2) is 0 Å². The van der Waals surface area contributed by atoms with Gasteiger partial charge in [-0.2, -0.15) is 0 Å². The highest BCUT2D eigenvalue weighted by Gasteiger charge is 2.23. The molecule has 4 aromatic carbocycles. The fraction of sp³-hybridized carbons (Fsp3) is 0.265. The van der Waals surface area contributed by atoms with Gasteiger partial charge in [0.05, 0.1) is 11.0 Å². The number of anilines is 1. The summed E-state index contributed by atoms with van der Waals surface area (Å²) in [4.78, 5) is 13.4. The molecular weight excluding hydrogens is 603 g/mol. The normalized spacial score (nSPS) is 13.0. The van der Waals surface area contributed by atoms with E-state index in [1.54, 1.807) is 43.3 Å². The van der Waals surface area contributed by atoms with Crippen molar-refractivity contribution in [2.75, 3.05) is 18.4 Å². The van der Waals surface area contributed by atoms with Gasteiger partial charge in [-0.05, 0) is 79.4 Å². The molecule has 45 heavy (non-hydrogen) atoms. The highest BCUT2D eigenvalue weighted by atomic mass is 32.2. The number of rotatable bonds is 15. The lowest BCUT2D eigenvalue weighted by Gasteiger charge is -2.22. The van der Waals surface area contributed by atoms with Gasteiger partial charge in [0.2, 0.25) is 15.9 Å². The molecule has 0 saturated heterocycles. The van der Waals surface area contributed by atoms with Gasteiger partial charge in [0, 0.05) is 42.7 Å². The molecule has 238 valence electrons. The summed E-state index contributed by atoms with van der Waals surface area (Å²) in [6.07, 6.45) is -0.602. The van der Waals surface area contributed by atoms with E-state index in [2.05, 4.69) is 15.4 Å². The summed E-state index contributed by atoms with van der Waals surface area (Å²) >= 11 is 0. The van der Waals surface area contributed by atoms with E-state index in [0.717, 1.165) is 0 Å². The molecular formula is C34H36F3N3O4S. The average Bonchev–Trinajstić information content (AvgIpc) is 2.99. The molecule has 0 radical (unpaired) electrons. The third-order valence-electron chi connectivity index (χ3n) is 7.23. The molecule has 4 rings (SSSR count). The number of sulfonamides is 1. The smallest absolute Gasteiger partial charge is 0.240 e. The first kappa shape index (κ1) is 33.9. The topological polar surface area (TPSA) is 108 Å². The van der Waals surface area contributed by atoms with Gasteiger partial charge in [0.1, 0.15) is 17.5 Å². The minimum atomic E-state index is -3.90. The Hall–Kier alpha value is -4.03. The fourth-order valence-corrected chi connectivity index (χ4v) is 6.36. The Morgan fingerprint density at radius 1 is 0.822 bits per heavy atom. The van der Waals surface area contributed by atoms with Gasteiger partial charge in [-0.15, -0.1) is 0 Å². The first-order valence-electron chi connectivity index (χ1n) is 14.6. The van der Waals surface area contributed by atoms with Crippen LogP contribution in [0.15, 0.2) is 102 Å². The quantitative estimate of drug-likeness (QED) is 0.137. The van der Waals surface area contributed by atoms with Gasteiger partial charge < -0.3 is 15.7 Å². The maximum atomic E-state index is 15.2. The Kier molecular flexibility index (Phi) is 11.9. The van der Waals surface area contributed by atoms with Crippen LogP contribution in [-0.4, -0.2) is 44.7 Å². The zero-order valence-electron chi connectivity index (χ0n) is 24.7. The van der Waals surface area contributed by atoms with E-state index in [-0.39, 0.29) is 48.5 Å². The molecule has 7 nitrogen and oxygen atoms in total. The maximum absolute atomic E-state index is 15.2.